The van der Waals surface area contributed by atoms with Gasteiger partial charge in [0.15, 0.2) is 0 Å². The number of rotatable bonds is 3. The van der Waals surface area contributed by atoms with E-state index in [0.717, 1.165) is 16.6 Å². The summed E-state index contributed by atoms with van der Waals surface area (Å²) in [7, 11) is 0. The van der Waals surface area contributed by atoms with E-state index in [9.17, 15) is 0 Å². The second-order valence-corrected chi connectivity index (χ2v) is 6.55. The molecule has 0 bridgehead atoms. The first-order chi connectivity index (χ1) is 8.19. The van der Waals surface area contributed by atoms with Crippen molar-refractivity contribution in [3.63, 3.8) is 0 Å². The summed E-state index contributed by atoms with van der Waals surface area (Å²) in [5.74, 6) is 0.944. The highest BCUT2D eigenvalue weighted by Crippen LogP contribution is 2.31. The van der Waals surface area contributed by atoms with Crippen LogP contribution < -0.4 is 5.32 Å². The van der Waals surface area contributed by atoms with E-state index in [-0.39, 0.29) is 0 Å². The molecule has 0 atom stereocenters. The predicted octanol–water partition coefficient (Wildman–Crippen LogP) is 5.33. The van der Waals surface area contributed by atoms with Gasteiger partial charge in [-0.25, -0.2) is 0 Å². The Labute approximate surface area is 122 Å². The molecular weight excluding hydrogens is 345 g/mol. The van der Waals surface area contributed by atoms with Crippen LogP contribution in [0, 0.1) is 9.49 Å². The molecule has 1 nitrogen and oxygen atoms in total. The van der Waals surface area contributed by atoms with Crippen molar-refractivity contribution in [1.82, 2.24) is 0 Å². The normalized spacial score (nSPS) is 24.6. The fraction of sp³-hybridized carbons (Fsp3) is 0.571. The van der Waals surface area contributed by atoms with Gasteiger partial charge in [0.05, 0.1) is 10.7 Å². The molecule has 1 aromatic rings. The van der Waals surface area contributed by atoms with Gasteiger partial charge in [0.1, 0.15) is 0 Å². The first-order valence-corrected chi connectivity index (χ1v) is 7.86. The van der Waals surface area contributed by atoms with E-state index >= 15 is 0 Å². The minimum atomic E-state index is 0.605. The molecule has 1 aliphatic carbocycles. The fourth-order valence-corrected chi connectivity index (χ4v) is 3.21. The van der Waals surface area contributed by atoms with Crippen LogP contribution in [0.25, 0.3) is 0 Å². The quantitative estimate of drug-likeness (QED) is 0.716. The molecule has 1 aliphatic rings. The first kappa shape index (κ1) is 13.5. The SMILES string of the molecule is CCC1CCC(Nc2cc(I)ccc2Cl)CC1. The molecule has 0 heterocycles. The summed E-state index contributed by atoms with van der Waals surface area (Å²) in [5.41, 5.74) is 1.10. The Morgan fingerprint density at radius 1 is 1.29 bits per heavy atom. The molecule has 3 heteroatoms. The highest BCUT2D eigenvalue weighted by Gasteiger charge is 2.20. The zero-order valence-electron chi connectivity index (χ0n) is 10.2. The van der Waals surface area contributed by atoms with Crippen molar-refractivity contribution in [3.05, 3.63) is 26.8 Å². The molecule has 1 fully saturated rings. The molecular formula is C14H19ClIN. The molecule has 1 aromatic carbocycles. The number of anilines is 1. The summed E-state index contributed by atoms with van der Waals surface area (Å²) in [6, 6.07) is 6.76. The second kappa shape index (κ2) is 6.28. The van der Waals surface area contributed by atoms with E-state index in [0.29, 0.717) is 6.04 Å². The van der Waals surface area contributed by atoms with E-state index in [1.807, 2.05) is 12.1 Å². The van der Waals surface area contributed by atoms with E-state index in [1.54, 1.807) is 0 Å². The van der Waals surface area contributed by atoms with Crippen molar-refractivity contribution in [1.29, 1.82) is 0 Å². The van der Waals surface area contributed by atoms with Gasteiger partial charge in [-0.3, -0.25) is 0 Å². The van der Waals surface area contributed by atoms with Gasteiger partial charge < -0.3 is 5.32 Å². The lowest BCUT2D eigenvalue weighted by atomic mass is 9.84. The maximum Gasteiger partial charge on any atom is 0.0638 e. The average Bonchev–Trinajstić information content (AvgIpc) is 2.35. The largest absolute Gasteiger partial charge is 0.381 e. The van der Waals surface area contributed by atoms with Crippen molar-refractivity contribution in [2.24, 2.45) is 5.92 Å². The number of benzene rings is 1. The molecule has 0 saturated heterocycles. The lowest BCUT2D eigenvalue weighted by Gasteiger charge is -2.29. The van der Waals surface area contributed by atoms with E-state index < -0.39 is 0 Å². The molecule has 0 amide bonds. The summed E-state index contributed by atoms with van der Waals surface area (Å²) in [6.45, 7) is 2.30. The molecule has 0 unspecified atom stereocenters. The topological polar surface area (TPSA) is 12.0 Å². The number of halogens is 2. The van der Waals surface area contributed by atoms with Crippen LogP contribution in [0.15, 0.2) is 18.2 Å². The van der Waals surface area contributed by atoms with Gasteiger partial charge in [0.25, 0.3) is 0 Å². The van der Waals surface area contributed by atoms with Crippen LogP contribution in [0.1, 0.15) is 39.0 Å². The van der Waals surface area contributed by atoms with Crippen molar-refractivity contribution in [2.45, 2.75) is 45.1 Å². The average molecular weight is 364 g/mol. The summed E-state index contributed by atoms with van der Waals surface area (Å²) in [5, 5.41) is 4.43. The van der Waals surface area contributed by atoms with Crippen LogP contribution in [-0.4, -0.2) is 6.04 Å². The van der Waals surface area contributed by atoms with Crippen molar-refractivity contribution < 1.29 is 0 Å². The molecule has 0 radical (unpaired) electrons. The molecule has 0 aliphatic heterocycles. The van der Waals surface area contributed by atoms with E-state index in [1.165, 1.54) is 35.7 Å². The summed E-state index contributed by atoms with van der Waals surface area (Å²) >= 11 is 8.53. The second-order valence-electron chi connectivity index (χ2n) is 4.89. The van der Waals surface area contributed by atoms with Gasteiger partial charge in [0.2, 0.25) is 0 Å². The molecule has 1 N–H and O–H groups in total. The third kappa shape index (κ3) is 3.75. The smallest absolute Gasteiger partial charge is 0.0638 e. The Balaban J connectivity index is 1.95. The molecule has 94 valence electrons. The summed E-state index contributed by atoms with van der Waals surface area (Å²) < 4.78 is 1.23. The van der Waals surface area contributed by atoms with Gasteiger partial charge in [0, 0.05) is 9.61 Å². The first-order valence-electron chi connectivity index (χ1n) is 6.40. The van der Waals surface area contributed by atoms with Crippen molar-refractivity contribution >= 4 is 39.9 Å². The Hall–Kier alpha value is 0.0400. The summed E-state index contributed by atoms with van der Waals surface area (Å²) in [6.07, 6.45) is 6.60. The van der Waals surface area contributed by atoms with E-state index in [4.69, 9.17) is 11.6 Å². The Bertz CT molecular complexity index is 372. The molecule has 17 heavy (non-hydrogen) atoms. The van der Waals surface area contributed by atoms with E-state index in [2.05, 4.69) is 40.9 Å². The van der Waals surface area contributed by atoms with Crippen molar-refractivity contribution in [3.8, 4) is 0 Å². The molecule has 0 spiro atoms. The van der Waals surface area contributed by atoms with Gasteiger partial charge >= 0.3 is 0 Å². The number of hydrogen-bond acceptors (Lipinski definition) is 1. The maximum atomic E-state index is 6.21. The zero-order valence-corrected chi connectivity index (χ0v) is 13.1. The van der Waals surface area contributed by atoms with Gasteiger partial charge in [-0.15, -0.1) is 0 Å². The maximum absolute atomic E-state index is 6.21. The monoisotopic (exact) mass is 363 g/mol. The molecule has 2 rings (SSSR count). The Morgan fingerprint density at radius 3 is 2.65 bits per heavy atom. The van der Waals surface area contributed by atoms with Gasteiger partial charge in [-0.2, -0.15) is 0 Å². The zero-order chi connectivity index (χ0) is 12.3. The predicted molar refractivity (Wildman–Crippen MR) is 83.8 cm³/mol. The molecule has 0 aromatic heterocycles. The van der Waals surface area contributed by atoms with Crippen LogP contribution >= 0.6 is 34.2 Å². The van der Waals surface area contributed by atoms with Crippen LogP contribution in [-0.2, 0) is 0 Å². The summed E-state index contributed by atoms with van der Waals surface area (Å²) in [4.78, 5) is 0. The fourth-order valence-electron chi connectivity index (χ4n) is 2.54. The third-order valence-corrected chi connectivity index (χ3v) is 4.71. The highest BCUT2D eigenvalue weighted by atomic mass is 127. The Morgan fingerprint density at radius 2 is 2.00 bits per heavy atom. The third-order valence-electron chi connectivity index (χ3n) is 3.71. The van der Waals surface area contributed by atoms with Crippen LogP contribution in [0.5, 0.6) is 0 Å². The van der Waals surface area contributed by atoms with Crippen LogP contribution in [0.4, 0.5) is 5.69 Å². The Kier molecular flexibility index (Phi) is 4.97. The lowest BCUT2D eigenvalue weighted by Crippen LogP contribution is -2.26. The van der Waals surface area contributed by atoms with Gasteiger partial charge in [-0.1, -0.05) is 24.9 Å². The number of hydrogen-bond donors (Lipinski definition) is 1. The lowest BCUT2D eigenvalue weighted by molar-refractivity contribution is 0.330. The van der Waals surface area contributed by atoms with Crippen LogP contribution in [0.2, 0.25) is 5.02 Å². The highest BCUT2D eigenvalue weighted by molar-refractivity contribution is 14.1. The van der Waals surface area contributed by atoms with Crippen LogP contribution in [0.3, 0.4) is 0 Å². The van der Waals surface area contributed by atoms with Gasteiger partial charge in [-0.05, 0) is 72.4 Å². The standard InChI is InChI=1S/C14H19ClIN/c1-2-10-3-6-12(7-4-10)17-14-9-11(16)5-8-13(14)15/h5,8-10,12,17H,2-4,6-7H2,1H3. The number of nitrogens with one attached hydrogen (secondary N) is 1. The minimum Gasteiger partial charge on any atom is -0.381 e. The van der Waals surface area contributed by atoms with Crippen molar-refractivity contribution in [2.75, 3.05) is 5.32 Å². The minimum absolute atomic E-state index is 0.605. The molecule has 1 saturated carbocycles.